The van der Waals surface area contributed by atoms with Crippen LogP contribution in [0.2, 0.25) is 0 Å². The fraction of sp³-hybridized carbons (Fsp3) is 0.545. The summed E-state index contributed by atoms with van der Waals surface area (Å²) in [6.07, 6.45) is 0. The summed E-state index contributed by atoms with van der Waals surface area (Å²) in [7, 11) is -0.425. The van der Waals surface area contributed by atoms with Crippen LogP contribution in [0.25, 0.3) is 0 Å². The van der Waals surface area contributed by atoms with Crippen LogP contribution in [0.1, 0.15) is 32.6 Å². The number of thiophene rings is 1. The molecule has 0 bridgehead atoms. The van der Waals surface area contributed by atoms with E-state index < -0.39 is 7.12 Å². The van der Waals surface area contributed by atoms with Gasteiger partial charge < -0.3 is 9.31 Å². The Morgan fingerprint density at radius 2 is 1.81 bits per heavy atom. The van der Waals surface area contributed by atoms with Crippen molar-refractivity contribution in [1.29, 1.82) is 5.26 Å². The maximum absolute atomic E-state index is 8.98. The molecule has 0 N–H and O–H groups in total. The molecule has 0 radical (unpaired) electrons. The Bertz CT molecular complexity index is 431. The fourth-order valence-corrected chi connectivity index (χ4v) is 2.27. The highest BCUT2D eigenvalue weighted by atomic mass is 32.1. The first kappa shape index (κ1) is 11.7. The van der Waals surface area contributed by atoms with Crippen LogP contribution < -0.4 is 5.46 Å². The van der Waals surface area contributed by atoms with Gasteiger partial charge in [0.1, 0.15) is 10.9 Å². The molecule has 2 heterocycles. The van der Waals surface area contributed by atoms with Crippen LogP contribution in [0, 0.1) is 11.3 Å². The molecule has 2 rings (SSSR count). The number of hydrogen-bond donors (Lipinski definition) is 0. The van der Waals surface area contributed by atoms with Gasteiger partial charge in [-0.25, -0.2) is 0 Å². The largest absolute Gasteiger partial charge is 0.497 e. The molecule has 1 aromatic rings. The zero-order valence-electron chi connectivity index (χ0n) is 9.90. The minimum Gasteiger partial charge on any atom is -0.399 e. The summed E-state index contributed by atoms with van der Waals surface area (Å²) in [6.45, 7) is 8.02. The average Bonchev–Trinajstić information content (AvgIpc) is 2.69. The van der Waals surface area contributed by atoms with Crippen molar-refractivity contribution in [1.82, 2.24) is 0 Å². The van der Waals surface area contributed by atoms with Crippen molar-refractivity contribution in [2.75, 3.05) is 0 Å². The molecule has 1 saturated heterocycles. The zero-order valence-corrected chi connectivity index (χ0v) is 10.7. The van der Waals surface area contributed by atoms with E-state index in [4.69, 9.17) is 14.6 Å². The van der Waals surface area contributed by atoms with Crippen molar-refractivity contribution in [3.8, 4) is 6.07 Å². The third-order valence-corrected chi connectivity index (χ3v) is 4.14. The summed E-state index contributed by atoms with van der Waals surface area (Å²) in [6, 6.07) is 4.06. The van der Waals surface area contributed by atoms with Gasteiger partial charge in [0.05, 0.1) is 11.2 Å². The molecule has 1 fully saturated rings. The summed E-state index contributed by atoms with van der Waals surface area (Å²) in [4.78, 5) is 0.665. The summed E-state index contributed by atoms with van der Waals surface area (Å²) in [5.74, 6) is 0. The summed E-state index contributed by atoms with van der Waals surface area (Å²) in [5, 5.41) is 10.9. The minimum atomic E-state index is -0.425. The molecule has 0 spiro atoms. The van der Waals surface area contributed by atoms with E-state index in [9.17, 15) is 0 Å². The lowest BCUT2D eigenvalue weighted by atomic mass is 9.79. The van der Waals surface area contributed by atoms with E-state index >= 15 is 0 Å². The molecule has 0 amide bonds. The van der Waals surface area contributed by atoms with Crippen LogP contribution >= 0.6 is 11.3 Å². The Morgan fingerprint density at radius 1 is 1.25 bits per heavy atom. The molecule has 0 atom stereocenters. The molecule has 0 saturated carbocycles. The van der Waals surface area contributed by atoms with Crippen molar-refractivity contribution < 1.29 is 9.31 Å². The van der Waals surface area contributed by atoms with Crippen LogP contribution in [0.3, 0.4) is 0 Å². The molecule has 16 heavy (non-hydrogen) atoms. The van der Waals surface area contributed by atoms with Gasteiger partial charge >= 0.3 is 7.12 Å². The first-order chi connectivity index (χ1) is 7.37. The molecule has 1 aromatic heterocycles. The van der Waals surface area contributed by atoms with Crippen molar-refractivity contribution in [3.63, 3.8) is 0 Å². The van der Waals surface area contributed by atoms with E-state index in [2.05, 4.69) is 6.07 Å². The topological polar surface area (TPSA) is 42.2 Å². The molecule has 5 heteroatoms. The lowest BCUT2D eigenvalue weighted by molar-refractivity contribution is 0.00578. The van der Waals surface area contributed by atoms with Gasteiger partial charge in [0.2, 0.25) is 0 Å². The fourth-order valence-electron chi connectivity index (χ4n) is 1.57. The lowest BCUT2D eigenvalue weighted by Crippen LogP contribution is -2.41. The van der Waals surface area contributed by atoms with Crippen molar-refractivity contribution in [2.24, 2.45) is 0 Å². The molecule has 1 aliphatic rings. The van der Waals surface area contributed by atoms with Crippen LogP contribution in [-0.4, -0.2) is 18.3 Å². The Kier molecular flexibility index (Phi) is 2.62. The van der Waals surface area contributed by atoms with E-state index in [1.54, 1.807) is 0 Å². The first-order valence-corrected chi connectivity index (χ1v) is 6.08. The van der Waals surface area contributed by atoms with Crippen molar-refractivity contribution >= 4 is 23.9 Å². The molecule has 3 nitrogen and oxygen atoms in total. The Labute approximate surface area is 100 Å². The predicted octanol–water partition coefficient (Wildman–Crippen LogP) is 1.92. The summed E-state index contributed by atoms with van der Waals surface area (Å²) in [5.41, 5.74) is 0.129. The predicted molar refractivity (Wildman–Crippen MR) is 64.8 cm³/mol. The second kappa shape index (κ2) is 3.59. The maximum atomic E-state index is 8.98. The van der Waals surface area contributed by atoms with Gasteiger partial charge in [0.15, 0.2) is 0 Å². The SMILES string of the molecule is CC1(C)OB(c2ccsc2C#N)OC1(C)C. The standard InChI is InChI=1S/C11H14BNO2S/c1-10(2)11(3,4)15-12(14-10)8-5-6-16-9(8)7-13/h5-6H,1-4H3. The Hall–Kier alpha value is -0.825. The van der Waals surface area contributed by atoms with Gasteiger partial charge in [0, 0.05) is 5.46 Å². The van der Waals surface area contributed by atoms with Gasteiger partial charge in [-0.3, -0.25) is 0 Å². The maximum Gasteiger partial charge on any atom is 0.497 e. The highest BCUT2D eigenvalue weighted by Gasteiger charge is 2.52. The second-order valence-electron chi connectivity index (χ2n) is 4.91. The smallest absolute Gasteiger partial charge is 0.399 e. The van der Waals surface area contributed by atoms with Gasteiger partial charge in [-0.05, 0) is 33.1 Å². The van der Waals surface area contributed by atoms with E-state index in [0.29, 0.717) is 4.88 Å². The third kappa shape index (κ3) is 1.67. The number of nitrogens with zero attached hydrogens (tertiary/aromatic N) is 1. The number of nitriles is 1. The van der Waals surface area contributed by atoms with E-state index in [-0.39, 0.29) is 11.2 Å². The van der Waals surface area contributed by atoms with Crippen LogP contribution in [-0.2, 0) is 9.31 Å². The quantitative estimate of drug-likeness (QED) is 0.698. The van der Waals surface area contributed by atoms with Crippen molar-refractivity contribution in [2.45, 2.75) is 38.9 Å². The minimum absolute atomic E-state index is 0.355. The first-order valence-electron chi connectivity index (χ1n) is 5.20. The monoisotopic (exact) mass is 235 g/mol. The van der Waals surface area contributed by atoms with Gasteiger partial charge in [-0.2, -0.15) is 5.26 Å². The Morgan fingerprint density at radius 3 is 2.31 bits per heavy atom. The number of rotatable bonds is 1. The molecular formula is C11H14BNO2S. The van der Waals surface area contributed by atoms with E-state index in [1.807, 2.05) is 39.1 Å². The molecule has 0 aliphatic carbocycles. The summed E-state index contributed by atoms with van der Waals surface area (Å²) < 4.78 is 11.8. The van der Waals surface area contributed by atoms with E-state index in [0.717, 1.165) is 5.46 Å². The van der Waals surface area contributed by atoms with Crippen LogP contribution in [0.5, 0.6) is 0 Å². The average molecular weight is 235 g/mol. The normalized spacial score (nSPS) is 22.1. The zero-order chi connectivity index (χ0) is 12.0. The second-order valence-corrected chi connectivity index (χ2v) is 5.82. The van der Waals surface area contributed by atoms with Crippen LogP contribution in [0.4, 0.5) is 0 Å². The summed E-state index contributed by atoms with van der Waals surface area (Å²) >= 11 is 1.42. The third-order valence-electron chi connectivity index (χ3n) is 3.30. The number of hydrogen-bond acceptors (Lipinski definition) is 4. The molecule has 84 valence electrons. The van der Waals surface area contributed by atoms with Gasteiger partial charge in [0.25, 0.3) is 0 Å². The Balaban J connectivity index is 2.31. The highest BCUT2D eigenvalue weighted by molar-refractivity contribution is 7.12. The van der Waals surface area contributed by atoms with Crippen molar-refractivity contribution in [3.05, 3.63) is 16.3 Å². The van der Waals surface area contributed by atoms with Crippen LogP contribution in [0.15, 0.2) is 11.4 Å². The highest BCUT2D eigenvalue weighted by Crippen LogP contribution is 2.36. The van der Waals surface area contributed by atoms with Gasteiger partial charge in [-0.15, -0.1) is 11.3 Å². The molecular weight excluding hydrogens is 221 g/mol. The molecule has 0 unspecified atom stereocenters. The lowest BCUT2D eigenvalue weighted by Gasteiger charge is -2.32. The molecule has 0 aromatic carbocycles. The van der Waals surface area contributed by atoms with Gasteiger partial charge in [-0.1, -0.05) is 6.07 Å². The molecule has 1 aliphatic heterocycles. The van der Waals surface area contributed by atoms with E-state index in [1.165, 1.54) is 11.3 Å².